The lowest BCUT2D eigenvalue weighted by Gasteiger charge is -2.36. The summed E-state index contributed by atoms with van der Waals surface area (Å²) in [5, 5.41) is 13.7. The third-order valence-corrected chi connectivity index (χ3v) is 7.70. The molecule has 6 heteroatoms. The Hall–Kier alpha value is -2.49. The van der Waals surface area contributed by atoms with E-state index in [1.165, 1.54) is 10.5 Å². The molecule has 1 unspecified atom stereocenters. The van der Waals surface area contributed by atoms with Gasteiger partial charge in [-0.3, -0.25) is 4.90 Å². The Kier molecular flexibility index (Phi) is 6.89. The molecule has 33 heavy (non-hydrogen) atoms. The molecule has 2 atom stereocenters. The van der Waals surface area contributed by atoms with Crippen molar-refractivity contribution in [2.24, 2.45) is 0 Å². The van der Waals surface area contributed by atoms with Crippen LogP contribution >= 0.6 is 23.4 Å². The van der Waals surface area contributed by atoms with Crippen molar-refractivity contribution >= 4 is 23.4 Å². The molecule has 4 nitrogen and oxygen atoms in total. The Morgan fingerprint density at radius 3 is 2.55 bits per heavy atom. The minimum Gasteiger partial charge on any atom is -0.484 e. The van der Waals surface area contributed by atoms with Gasteiger partial charge < -0.3 is 10.1 Å². The number of halogens is 1. The molecule has 1 N–H and O–H groups in total. The number of fused-ring (bicyclic) bond motifs is 1. The minimum atomic E-state index is -0.147. The highest BCUT2D eigenvalue weighted by atomic mass is 35.5. The molecule has 0 bridgehead atoms. The van der Waals surface area contributed by atoms with Gasteiger partial charge in [0.25, 0.3) is 0 Å². The highest BCUT2D eigenvalue weighted by Gasteiger charge is 2.40. The van der Waals surface area contributed by atoms with Gasteiger partial charge in [0.1, 0.15) is 11.9 Å². The molecule has 2 aliphatic rings. The average molecular weight is 476 g/mol. The van der Waals surface area contributed by atoms with Gasteiger partial charge in [0, 0.05) is 41.8 Å². The molecule has 1 heterocycles. The Morgan fingerprint density at radius 2 is 1.82 bits per heavy atom. The highest BCUT2D eigenvalue weighted by Crippen LogP contribution is 2.41. The first kappa shape index (κ1) is 22.3. The summed E-state index contributed by atoms with van der Waals surface area (Å²) in [6, 6.07) is 25.1. The van der Waals surface area contributed by atoms with E-state index in [9.17, 15) is 5.26 Å². The van der Waals surface area contributed by atoms with Gasteiger partial charge in [-0.05, 0) is 59.5 Å². The molecule has 0 aromatic heterocycles. The van der Waals surface area contributed by atoms with Crippen molar-refractivity contribution in [2.75, 3.05) is 26.2 Å². The molecule has 0 saturated carbocycles. The molecule has 0 amide bonds. The summed E-state index contributed by atoms with van der Waals surface area (Å²) in [4.78, 5) is 3.70. The van der Waals surface area contributed by atoms with E-state index in [1.807, 2.05) is 23.9 Å². The fourth-order valence-corrected chi connectivity index (χ4v) is 5.82. The number of piperazine rings is 1. The highest BCUT2D eigenvalue weighted by molar-refractivity contribution is 7.98. The summed E-state index contributed by atoms with van der Waals surface area (Å²) in [5.41, 5.74) is 4.10. The number of benzene rings is 3. The zero-order valence-corrected chi connectivity index (χ0v) is 19.9. The van der Waals surface area contributed by atoms with E-state index in [0.717, 1.165) is 55.2 Å². The molecule has 3 aromatic carbocycles. The lowest BCUT2D eigenvalue weighted by atomic mass is 10.0. The maximum atomic E-state index is 9.69. The number of ether oxygens (including phenoxy) is 1. The van der Waals surface area contributed by atoms with E-state index in [-0.39, 0.29) is 12.1 Å². The maximum Gasteiger partial charge on any atom is 0.140 e. The van der Waals surface area contributed by atoms with Crippen LogP contribution in [0.4, 0.5) is 0 Å². The second kappa shape index (κ2) is 10.2. The number of hydrogen-bond donors (Lipinski definition) is 1. The normalized spacial score (nSPS) is 20.2. The lowest BCUT2D eigenvalue weighted by Crippen LogP contribution is -2.50. The van der Waals surface area contributed by atoms with Gasteiger partial charge in [-0.2, -0.15) is 5.26 Å². The Balaban J connectivity index is 1.36. The number of nitriles is 1. The second-order valence-corrected chi connectivity index (χ2v) is 9.96. The van der Waals surface area contributed by atoms with Gasteiger partial charge >= 0.3 is 0 Å². The standard InChI is InChI=1S/C27H26ClN3OS/c28-21-14-20(17-29)24-16-26(31-12-10-30-11-13-31)27(25(24)15-21)32-22-6-8-23(9-7-22)33-18-19-4-2-1-3-5-19/h1-9,14-15,26-27,30H,10-13,16,18H2/t26?,27-/m0/s1. The fraction of sp³-hybridized carbons (Fsp3) is 0.296. The van der Waals surface area contributed by atoms with E-state index in [1.54, 1.807) is 6.07 Å². The van der Waals surface area contributed by atoms with E-state index >= 15 is 0 Å². The predicted octanol–water partition coefficient (Wildman–Crippen LogP) is 5.45. The molecule has 3 aromatic rings. The largest absolute Gasteiger partial charge is 0.484 e. The number of nitrogens with one attached hydrogen (secondary N) is 1. The second-order valence-electron chi connectivity index (χ2n) is 8.47. The number of hydrogen-bond acceptors (Lipinski definition) is 5. The Labute approximate surface area is 204 Å². The first-order valence-corrected chi connectivity index (χ1v) is 12.7. The molecular weight excluding hydrogens is 450 g/mol. The average Bonchev–Trinajstić information content (AvgIpc) is 3.22. The van der Waals surface area contributed by atoms with E-state index in [2.05, 4.69) is 64.8 Å². The lowest BCUT2D eigenvalue weighted by molar-refractivity contribution is 0.0693. The van der Waals surface area contributed by atoms with Crippen LogP contribution in [0.5, 0.6) is 5.75 Å². The van der Waals surface area contributed by atoms with Crippen LogP contribution in [-0.4, -0.2) is 37.1 Å². The summed E-state index contributed by atoms with van der Waals surface area (Å²) in [6.45, 7) is 3.89. The van der Waals surface area contributed by atoms with Gasteiger partial charge in [0.15, 0.2) is 0 Å². The number of rotatable bonds is 6. The molecule has 0 radical (unpaired) electrons. The monoisotopic (exact) mass is 475 g/mol. The SMILES string of the molecule is N#Cc1cc(Cl)cc2c1CC(N1CCNCC1)[C@H]2Oc1ccc(SCc2ccccc2)cc1. The van der Waals surface area contributed by atoms with Crippen molar-refractivity contribution in [2.45, 2.75) is 29.2 Å². The van der Waals surface area contributed by atoms with Gasteiger partial charge in [0.2, 0.25) is 0 Å². The van der Waals surface area contributed by atoms with Crippen molar-refractivity contribution < 1.29 is 4.74 Å². The molecule has 168 valence electrons. The zero-order valence-electron chi connectivity index (χ0n) is 18.3. The van der Waals surface area contributed by atoms with Crippen LogP contribution < -0.4 is 10.1 Å². The van der Waals surface area contributed by atoms with Gasteiger partial charge in [-0.25, -0.2) is 0 Å². The van der Waals surface area contributed by atoms with Crippen molar-refractivity contribution in [1.82, 2.24) is 10.2 Å². The van der Waals surface area contributed by atoms with Crippen LogP contribution in [0.3, 0.4) is 0 Å². The topological polar surface area (TPSA) is 48.3 Å². The van der Waals surface area contributed by atoms with Gasteiger partial charge in [-0.15, -0.1) is 11.8 Å². The van der Waals surface area contributed by atoms with Gasteiger partial charge in [0.05, 0.1) is 17.7 Å². The molecule has 1 aliphatic carbocycles. The molecule has 1 fully saturated rings. The predicted molar refractivity (Wildman–Crippen MR) is 134 cm³/mol. The quantitative estimate of drug-likeness (QED) is 0.480. The molecule has 1 aliphatic heterocycles. The summed E-state index contributed by atoms with van der Waals surface area (Å²) in [7, 11) is 0. The van der Waals surface area contributed by atoms with E-state index in [4.69, 9.17) is 16.3 Å². The third kappa shape index (κ3) is 5.05. The fourth-order valence-electron chi connectivity index (χ4n) is 4.74. The van der Waals surface area contributed by atoms with Crippen LogP contribution in [0.25, 0.3) is 0 Å². The molecule has 1 saturated heterocycles. The first-order valence-electron chi connectivity index (χ1n) is 11.3. The van der Waals surface area contributed by atoms with Crippen molar-refractivity contribution in [3.63, 3.8) is 0 Å². The third-order valence-electron chi connectivity index (χ3n) is 6.39. The molecule has 5 rings (SSSR count). The minimum absolute atomic E-state index is 0.147. The smallest absolute Gasteiger partial charge is 0.140 e. The molecule has 0 spiro atoms. The maximum absolute atomic E-state index is 9.69. The van der Waals surface area contributed by atoms with Crippen LogP contribution in [0.15, 0.2) is 71.6 Å². The summed E-state index contributed by atoms with van der Waals surface area (Å²) >= 11 is 8.20. The van der Waals surface area contributed by atoms with Crippen molar-refractivity contribution in [3.05, 3.63) is 94.0 Å². The summed E-state index contributed by atoms with van der Waals surface area (Å²) < 4.78 is 6.60. The molecular formula is C27H26ClN3OS. The Bertz CT molecular complexity index is 1140. The van der Waals surface area contributed by atoms with Crippen LogP contribution in [0.2, 0.25) is 5.02 Å². The van der Waals surface area contributed by atoms with E-state index in [0.29, 0.717) is 10.6 Å². The number of nitrogens with zero attached hydrogens (tertiary/aromatic N) is 2. The number of thioether (sulfide) groups is 1. The van der Waals surface area contributed by atoms with Crippen molar-refractivity contribution in [1.29, 1.82) is 5.26 Å². The van der Waals surface area contributed by atoms with E-state index < -0.39 is 0 Å². The summed E-state index contributed by atoms with van der Waals surface area (Å²) in [6.07, 6.45) is 0.664. The Morgan fingerprint density at radius 1 is 1.06 bits per heavy atom. The van der Waals surface area contributed by atoms with Gasteiger partial charge in [-0.1, -0.05) is 41.9 Å². The first-order chi connectivity index (χ1) is 16.2. The van der Waals surface area contributed by atoms with Crippen LogP contribution in [0, 0.1) is 11.3 Å². The van der Waals surface area contributed by atoms with Crippen molar-refractivity contribution in [3.8, 4) is 11.8 Å². The van der Waals surface area contributed by atoms with Crippen LogP contribution in [-0.2, 0) is 12.2 Å². The van der Waals surface area contributed by atoms with Crippen LogP contribution in [0.1, 0.15) is 28.4 Å². The summed E-state index contributed by atoms with van der Waals surface area (Å²) in [5.74, 6) is 1.79. The zero-order chi connectivity index (χ0) is 22.6.